The van der Waals surface area contributed by atoms with Crippen molar-refractivity contribution in [3.05, 3.63) is 24.3 Å². The van der Waals surface area contributed by atoms with Gasteiger partial charge in [-0.15, -0.1) is 0 Å². The molecule has 2 aliphatic carbocycles. The molecule has 2 fully saturated rings. The molecule has 0 spiro atoms. The van der Waals surface area contributed by atoms with Crippen LogP contribution in [0.2, 0.25) is 0 Å². The molecule has 0 aromatic heterocycles. The Kier molecular flexibility index (Phi) is 3.49. The van der Waals surface area contributed by atoms with E-state index in [2.05, 4.69) is 27.0 Å². The summed E-state index contributed by atoms with van der Waals surface area (Å²) in [7, 11) is 0. The summed E-state index contributed by atoms with van der Waals surface area (Å²) in [5.41, 5.74) is 2.62. The fourth-order valence-electron chi connectivity index (χ4n) is 3.99. The number of rotatable bonds is 3. The van der Waals surface area contributed by atoms with E-state index in [9.17, 15) is 5.11 Å². The predicted molar refractivity (Wildman–Crippen MR) is 72.7 cm³/mol. The van der Waals surface area contributed by atoms with Gasteiger partial charge in [0.2, 0.25) is 0 Å². The minimum atomic E-state index is -0.312. The molecule has 2 rings (SSSR count). The van der Waals surface area contributed by atoms with Gasteiger partial charge >= 0.3 is 0 Å². The zero-order valence-corrected chi connectivity index (χ0v) is 11.3. The van der Waals surface area contributed by atoms with Crippen LogP contribution in [0, 0.1) is 17.3 Å². The van der Waals surface area contributed by atoms with Gasteiger partial charge < -0.3 is 5.11 Å². The Morgan fingerprint density at radius 3 is 2.76 bits per heavy atom. The van der Waals surface area contributed by atoms with Crippen LogP contribution in [0.4, 0.5) is 0 Å². The first-order chi connectivity index (χ1) is 8.00. The van der Waals surface area contributed by atoms with Crippen molar-refractivity contribution >= 4 is 0 Å². The van der Waals surface area contributed by atoms with E-state index in [0.717, 1.165) is 18.4 Å². The molecular formula is C16H26O. The van der Waals surface area contributed by atoms with Crippen molar-refractivity contribution < 1.29 is 5.11 Å². The second-order valence-electron chi connectivity index (χ2n) is 6.21. The molecule has 0 aromatic rings. The number of hydrogen-bond acceptors (Lipinski definition) is 1. The molecule has 0 radical (unpaired) electrons. The molecule has 4 atom stereocenters. The van der Waals surface area contributed by atoms with Crippen LogP contribution in [0.5, 0.6) is 0 Å². The number of hydrogen-bond donors (Lipinski definition) is 1. The van der Waals surface area contributed by atoms with Crippen molar-refractivity contribution in [3.63, 3.8) is 0 Å². The van der Waals surface area contributed by atoms with Crippen LogP contribution in [0.25, 0.3) is 0 Å². The lowest BCUT2D eigenvalue weighted by Crippen LogP contribution is -2.41. The number of aliphatic hydroxyl groups excluding tert-OH is 1. The SMILES string of the molecule is C=C1C(CCCC)C2CCC(=C)C2(C)C[C@@H]1O. The highest BCUT2D eigenvalue weighted by molar-refractivity contribution is 5.27. The largest absolute Gasteiger partial charge is 0.389 e. The monoisotopic (exact) mass is 234 g/mol. The highest BCUT2D eigenvalue weighted by Gasteiger charge is 2.51. The maximum absolute atomic E-state index is 10.2. The van der Waals surface area contributed by atoms with E-state index in [1.807, 2.05) is 0 Å². The van der Waals surface area contributed by atoms with Gasteiger partial charge in [-0.3, -0.25) is 0 Å². The quantitative estimate of drug-likeness (QED) is 0.729. The fourth-order valence-corrected chi connectivity index (χ4v) is 3.99. The van der Waals surface area contributed by atoms with Gasteiger partial charge in [0.1, 0.15) is 0 Å². The van der Waals surface area contributed by atoms with Crippen LogP contribution in [0.3, 0.4) is 0 Å². The molecule has 1 nitrogen and oxygen atoms in total. The maximum Gasteiger partial charge on any atom is 0.0758 e. The van der Waals surface area contributed by atoms with E-state index >= 15 is 0 Å². The number of allylic oxidation sites excluding steroid dienone is 1. The van der Waals surface area contributed by atoms with E-state index in [0.29, 0.717) is 11.8 Å². The van der Waals surface area contributed by atoms with Crippen molar-refractivity contribution in [2.75, 3.05) is 0 Å². The van der Waals surface area contributed by atoms with Gasteiger partial charge in [-0.1, -0.05) is 45.4 Å². The molecule has 1 heteroatoms. The van der Waals surface area contributed by atoms with Crippen LogP contribution in [0.1, 0.15) is 52.4 Å². The summed E-state index contributed by atoms with van der Waals surface area (Å²) < 4.78 is 0. The zero-order chi connectivity index (χ0) is 12.6. The first-order valence-corrected chi connectivity index (χ1v) is 7.05. The summed E-state index contributed by atoms with van der Waals surface area (Å²) in [6, 6.07) is 0. The van der Waals surface area contributed by atoms with Crippen molar-refractivity contribution in [2.24, 2.45) is 17.3 Å². The molecule has 2 aliphatic rings. The first kappa shape index (κ1) is 12.9. The summed E-state index contributed by atoms with van der Waals surface area (Å²) in [5, 5.41) is 10.2. The Hall–Kier alpha value is -0.560. The van der Waals surface area contributed by atoms with Crippen molar-refractivity contribution in [1.29, 1.82) is 0 Å². The number of unbranched alkanes of at least 4 members (excludes halogenated alkanes) is 1. The Morgan fingerprint density at radius 2 is 2.12 bits per heavy atom. The normalized spacial score (nSPS) is 41.7. The van der Waals surface area contributed by atoms with Crippen LogP contribution in [-0.4, -0.2) is 11.2 Å². The Morgan fingerprint density at radius 1 is 1.41 bits per heavy atom. The predicted octanol–water partition coefficient (Wildman–Crippen LogP) is 4.09. The summed E-state index contributed by atoms with van der Waals surface area (Å²) in [4.78, 5) is 0. The smallest absolute Gasteiger partial charge is 0.0758 e. The number of aliphatic hydroxyl groups is 1. The Balaban J connectivity index is 2.23. The maximum atomic E-state index is 10.2. The lowest BCUT2D eigenvalue weighted by Gasteiger charge is -2.46. The third kappa shape index (κ3) is 1.99. The highest BCUT2D eigenvalue weighted by atomic mass is 16.3. The van der Waals surface area contributed by atoms with E-state index in [1.54, 1.807) is 0 Å². The van der Waals surface area contributed by atoms with Gasteiger partial charge in [-0.25, -0.2) is 0 Å². The first-order valence-electron chi connectivity index (χ1n) is 7.05. The van der Waals surface area contributed by atoms with Crippen LogP contribution >= 0.6 is 0 Å². The third-order valence-corrected chi connectivity index (χ3v) is 5.26. The molecule has 96 valence electrons. The minimum absolute atomic E-state index is 0.166. The average molecular weight is 234 g/mol. The van der Waals surface area contributed by atoms with Crippen molar-refractivity contribution in [1.82, 2.24) is 0 Å². The zero-order valence-electron chi connectivity index (χ0n) is 11.3. The molecule has 3 unspecified atom stereocenters. The Labute approximate surface area is 106 Å². The minimum Gasteiger partial charge on any atom is -0.389 e. The average Bonchev–Trinajstić information content (AvgIpc) is 2.57. The van der Waals surface area contributed by atoms with Crippen molar-refractivity contribution in [2.45, 2.75) is 58.5 Å². The third-order valence-electron chi connectivity index (χ3n) is 5.26. The summed E-state index contributed by atoms with van der Waals surface area (Å²) in [6.07, 6.45) is 6.59. The van der Waals surface area contributed by atoms with E-state index in [1.165, 1.54) is 31.3 Å². The van der Waals surface area contributed by atoms with Gasteiger partial charge in [0.15, 0.2) is 0 Å². The van der Waals surface area contributed by atoms with E-state index < -0.39 is 0 Å². The topological polar surface area (TPSA) is 20.2 Å². The van der Waals surface area contributed by atoms with Crippen LogP contribution in [0.15, 0.2) is 24.3 Å². The second-order valence-corrected chi connectivity index (χ2v) is 6.21. The number of fused-ring (bicyclic) bond motifs is 1. The van der Waals surface area contributed by atoms with Gasteiger partial charge in [0, 0.05) is 0 Å². The molecule has 0 heterocycles. The van der Waals surface area contributed by atoms with Crippen molar-refractivity contribution in [3.8, 4) is 0 Å². The molecule has 0 bridgehead atoms. The molecule has 1 N–H and O–H groups in total. The van der Waals surface area contributed by atoms with Gasteiger partial charge in [0.05, 0.1) is 6.10 Å². The Bertz CT molecular complexity index is 330. The van der Waals surface area contributed by atoms with Gasteiger partial charge in [-0.2, -0.15) is 0 Å². The summed E-state index contributed by atoms with van der Waals surface area (Å²) in [6.45, 7) is 12.9. The summed E-state index contributed by atoms with van der Waals surface area (Å²) >= 11 is 0. The molecule has 0 aromatic carbocycles. The fraction of sp³-hybridized carbons (Fsp3) is 0.750. The summed E-state index contributed by atoms with van der Waals surface area (Å²) in [5.74, 6) is 1.19. The second kappa shape index (κ2) is 4.61. The van der Waals surface area contributed by atoms with Crippen LogP contribution in [-0.2, 0) is 0 Å². The van der Waals surface area contributed by atoms with Gasteiger partial charge in [0.25, 0.3) is 0 Å². The van der Waals surface area contributed by atoms with E-state index in [-0.39, 0.29) is 11.5 Å². The van der Waals surface area contributed by atoms with Gasteiger partial charge in [-0.05, 0) is 48.5 Å². The molecule has 17 heavy (non-hydrogen) atoms. The molecular weight excluding hydrogens is 208 g/mol. The molecule has 0 amide bonds. The standard InChI is InChI=1S/C16H26O/c1-5-6-7-13-12(3)15(17)10-16(4)11(2)8-9-14(13)16/h13-15,17H,2-3,5-10H2,1,4H3/t13?,14?,15-,16?/m0/s1. The highest BCUT2D eigenvalue weighted by Crippen LogP contribution is 2.58. The molecule has 0 saturated heterocycles. The van der Waals surface area contributed by atoms with E-state index in [4.69, 9.17) is 0 Å². The molecule has 0 aliphatic heterocycles. The van der Waals surface area contributed by atoms with Crippen LogP contribution < -0.4 is 0 Å². The molecule has 2 saturated carbocycles. The lowest BCUT2D eigenvalue weighted by atomic mass is 9.60. The lowest BCUT2D eigenvalue weighted by molar-refractivity contribution is 0.0521.